The minimum atomic E-state index is -1.75. The molecule has 16 heteroatoms. The Morgan fingerprint density at radius 2 is 1.75 bits per heavy atom. The summed E-state index contributed by atoms with van der Waals surface area (Å²) in [6.07, 6.45) is 5.56. The molecule has 5 aliphatic heterocycles. The standard InChI is InChI=1S/C47H58N4O12/c1-22(2)11-10-16-45(8)17-15-26-37(61-45)25(13-12-23(3)4)39-30(38(26)60-42-36(55)35(54)34(53)28(20-52)59-42)32-31-33(51-21-48-43(49-32)50-51)27-19-29-44(6,7)63-46(40(27)56,47(29,31)62-39)18-14-24(5)41(57)58-9/h11-12,14-15,17,21,27-29,31,33-36,42,52-55H,10,13,16,18-20H2,1-9H3/t27?,28-,29?,31?,33?,34-,35+,36-,42+,45?,46?,47?/m1/s1. The highest BCUT2D eigenvalue weighted by molar-refractivity contribution is 6.14. The highest BCUT2D eigenvalue weighted by atomic mass is 16.7. The number of ketones is 1. The maximum atomic E-state index is 15.5. The molecule has 2 saturated heterocycles. The van der Waals surface area contributed by atoms with Gasteiger partial charge in [0.15, 0.2) is 17.0 Å². The molecule has 1 aromatic carbocycles. The van der Waals surface area contributed by atoms with Crippen LogP contribution in [0.4, 0.5) is 5.95 Å². The zero-order valence-electron chi connectivity index (χ0n) is 37.2. The van der Waals surface area contributed by atoms with E-state index in [0.717, 1.165) is 12.0 Å². The van der Waals surface area contributed by atoms with Gasteiger partial charge >= 0.3 is 5.97 Å². The lowest BCUT2D eigenvalue weighted by Crippen LogP contribution is -2.78. The van der Waals surface area contributed by atoms with Gasteiger partial charge in [0.25, 0.3) is 5.95 Å². The molecule has 5 fully saturated rings. The van der Waals surface area contributed by atoms with E-state index in [1.165, 1.54) is 12.7 Å². The van der Waals surface area contributed by atoms with E-state index in [9.17, 15) is 25.2 Å². The van der Waals surface area contributed by atoms with Crippen molar-refractivity contribution in [2.45, 2.75) is 147 Å². The number of allylic oxidation sites excluding steroid dienone is 4. The van der Waals surface area contributed by atoms with Gasteiger partial charge in [-0.05, 0) is 93.2 Å². The molecule has 6 bridgehead atoms. The molecule has 12 atom stereocenters. The molecule has 0 radical (unpaired) electrons. The van der Waals surface area contributed by atoms with Crippen molar-refractivity contribution in [1.82, 2.24) is 14.8 Å². The lowest BCUT2D eigenvalue weighted by atomic mass is 9.44. The van der Waals surface area contributed by atoms with Crippen LogP contribution < -0.4 is 14.2 Å². The summed E-state index contributed by atoms with van der Waals surface area (Å²) in [5.74, 6) is -1.36. The van der Waals surface area contributed by atoms with Crippen molar-refractivity contribution in [3.05, 3.63) is 64.0 Å². The number of carbonyl (C=O) groups is 2. The first-order chi connectivity index (χ1) is 29.8. The fraction of sp³-hybridized carbons (Fsp3) is 0.596. The lowest BCUT2D eigenvalue weighted by molar-refractivity contribution is -0.277. The number of hydrogen-bond donors (Lipinski definition) is 4. The predicted octanol–water partition coefficient (Wildman–Crippen LogP) is 4.57. The minimum absolute atomic E-state index is 0.000969. The van der Waals surface area contributed by atoms with Gasteiger partial charge in [-0.3, -0.25) is 4.79 Å². The number of carbonyl (C=O) groups excluding carboxylic acids is 2. The normalized spacial score (nSPS) is 36.1. The molecule has 16 nitrogen and oxygen atoms in total. The number of aliphatic hydroxyl groups is 4. The highest BCUT2D eigenvalue weighted by Gasteiger charge is 2.85. The van der Waals surface area contributed by atoms with Crippen molar-refractivity contribution in [3.63, 3.8) is 0 Å². The number of methoxy groups -OCH3 is 1. The summed E-state index contributed by atoms with van der Waals surface area (Å²) in [6.45, 7) is 15.0. The van der Waals surface area contributed by atoms with Gasteiger partial charge in [0.2, 0.25) is 6.29 Å². The Kier molecular flexibility index (Phi) is 10.5. The molecule has 7 unspecified atom stereocenters. The zero-order chi connectivity index (χ0) is 45.1. The van der Waals surface area contributed by atoms with Crippen LogP contribution in [0.5, 0.6) is 17.2 Å². The first kappa shape index (κ1) is 43.5. The van der Waals surface area contributed by atoms with Crippen molar-refractivity contribution >= 4 is 29.5 Å². The SMILES string of the molecule is COC(=O)C(C)=CCC12OC(C)(C)C3CC(C1=O)C1C4C(=Nc5ncn1n5)c1c(O[C@@H]5O[C@H](CO)[C@@H](O)[C@H](O)[C@H]5O)c5c(c(CC=C(C)C)c1OC432)OC(C)(CCC=C(C)C)C=C5. The monoisotopic (exact) mass is 870 g/mol. The summed E-state index contributed by atoms with van der Waals surface area (Å²) in [6, 6.07) is -0.622. The van der Waals surface area contributed by atoms with Gasteiger partial charge in [-0.2, -0.15) is 4.98 Å². The number of aliphatic imine (C=N–C) groups is 1. The highest BCUT2D eigenvalue weighted by Crippen LogP contribution is 2.73. The van der Waals surface area contributed by atoms with E-state index >= 15 is 4.79 Å². The summed E-state index contributed by atoms with van der Waals surface area (Å²) < 4.78 is 41.7. The number of hydrogen-bond acceptors (Lipinski definition) is 15. The molecule has 3 aliphatic carbocycles. The Balaban J connectivity index is 1.35. The first-order valence-corrected chi connectivity index (χ1v) is 21.8. The number of nitrogens with zero attached hydrogens (tertiary/aromatic N) is 4. The van der Waals surface area contributed by atoms with Gasteiger partial charge in [-0.15, -0.1) is 5.10 Å². The van der Waals surface area contributed by atoms with Gasteiger partial charge in [-0.1, -0.05) is 29.4 Å². The third-order valence-corrected chi connectivity index (χ3v) is 14.3. The predicted molar refractivity (Wildman–Crippen MR) is 228 cm³/mol. The Bertz CT molecular complexity index is 2410. The van der Waals surface area contributed by atoms with Gasteiger partial charge < -0.3 is 48.8 Å². The van der Waals surface area contributed by atoms with Gasteiger partial charge in [0, 0.05) is 29.4 Å². The first-order valence-electron chi connectivity index (χ1n) is 21.8. The number of esters is 1. The Labute approximate surface area is 366 Å². The molecule has 2 aromatic rings. The minimum Gasteiger partial charge on any atom is -0.482 e. The molecule has 6 heterocycles. The Morgan fingerprint density at radius 1 is 1.00 bits per heavy atom. The van der Waals surface area contributed by atoms with Crippen LogP contribution in [0, 0.1) is 17.8 Å². The van der Waals surface area contributed by atoms with Crippen LogP contribution >= 0.6 is 0 Å². The quantitative estimate of drug-likeness (QED) is 0.138. The molecule has 3 saturated carbocycles. The van der Waals surface area contributed by atoms with E-state index < -0.39 is 83.6 Å². The van der Waals surface area contributed by atoms with Crippen molar-refractivity contribution < 1.29 is 58.4 Å². The van der Waals surface area contributed by atoms with Crippen molar-refractivity contribution in [1.29, 1.82) is 0 Å². The van der Waals surface area contributed by atoms with Gasteiger partial charge in [0.1, 0.15) is 53.6 Å². The number of aliphatic hydroxyl groups excluding tert-OH is 4. The number of rotatable bonds is 11. The third-order valence-electron chi connectivity index (χ3n) is 14.3. The summed E-state index contributed by atoms with van der Waals surface area (Å²) in [4.78, 5) is 38.1. The molecule has 4 N–H and O–H groups in total. The molecule has 1 aromatic heterocycles. The summed E-state index contributed by atoms with van der Waals surface area (Å²) >= 11 is 0. The fourth-order valence-corrected chi connectivity index (χ4v) is 11.4. The number of benzene rings is 1. The number of fused-ring (bicyclic) bond motifs is 5. The van der Waals surface area contributed by atoms with Crippen molar-refractivity contribution in [2.24, 2.45) is 22.7 Å². The largest absolute Gasteiger partial charge is 0.482 e. The zero-order valence-corrected chi connectivity index (χ0v) is 37.2. The van der Waals surface area contributed by atoms with Crippen LogP contribution in [-0.4, -0.2) is 119 Å². The summed E-state index contributed by atoms with van der Waals surface area (Å²) in [5, 5.41) is 48.2. The van der Waals surface area contributed by atoms with Crippen LogP contribution in [0.2, 0.25) is 0 Å². The van der Waals surface area contributed by atoms with Crippen LogP contribution in [0.25, 0.3) is 6.08 Å². The average molecular weight is 871 g/mol. The molecule has 1 spiro atoms. The summed E-state index contributed by atoms with van der Waals surface area (Å²) in [5.41, 5.74) is -0.242. The Hall–Kier alpha value is -4.71. The van der Waals surface area contributed by atoms with E-state index in [1.54, 1.807) is 24.0 Å². The maximum Gasteiger partial charge on any atom is 0.333 e. The topological polar surface area (TPSA) is 214 Å². The molecule has 10 rings (SSSR count). The lowest BCUT2D eigenvalue weighted by Gasteiger charge is -2.63. The smallest absolute Gasteiger partial charge is 0.333 e. The summed E-state index contributed by atoms with van der Waals surface area (Å²) in [7, 11) is 1.31. The van der Waals surface area contributed by atoms with E-state index in [-0.39, 0.29) is 29.8 Å². The van der Waals surface area contributed by atoms with Crippen LogP contribution in [-0.2, 0) is 30.2 Å². The van der Waals surface area contributed by atoms with Crippen LogP contribution in [0.1, 0.15) is 104 Å². The van der Waals surface area contributed by atoms with E-state index in [4.69, 9.17) is 38.5 Å². The van der Waals surface area contributed by atoms with Crippen LogP contribution in [0.15, 0.2) is 52.3 Å². The van der Waals surface area contributed by atoms with Crippen molar-refractivity contribution in [2.75, 3.05) is 13.7 Å². The van der Waals surface area contributed by atoms with E-state index in [0.29, 0.717) is 58.7 Å². The van der Waals surface area contributed by atoms with Gasteiger partial charge in [0.05, 0.1) is 48.1 Å². The molecule has 8 aliphatic rings. The second-order valence-electron chi connectivity index (χ2n) is 19.4. The molecular weight excluding hydrogens is 813 g/mol. The molecular formula is C47H58N4O12. The Morgan fingerprint density at radius 3 is 2.44 bits per heavy atom. The van der Waals surface area contributed by atoms with E-state index in [2.05, 4.69) is 17.1 Å². The molecule has 0 amide bonds. The van der Waals surface area contributed by atoms with E-state index in [1.807, 2.05) is 60.6 Å². The third kappa shape index (κ3) is 6.41. The van der Waals surface area contributed by atoms with Crippen LogP contribution in [0.3, 0.4) is 0 Å². The second-order valence-corrected chi connectivity index (χ2v) is 19.4. The second kappa shape index (κ2) is 15.2. The number of aromatic nitrogens is 3. The average Bonchev–Trinajstić information content (AvgIpc) is 3.69. The maximum absolute atomic E-state index is 15.5. The molecule has 338 valence electrons. The number of Topliss-reactive ketones (excluding diaryl/α,β-unsaturated/α-hetero) is 1. The fourth-order valence-electron chi connectivity index (χ4n) is 11.4. The molecule has 63 heavy (non-hydrogen) atoms. The van der Waals surface area contributed by atoms with Gasteiger partial charge in [-0.25, -0.2) is 14.5 Å². The van der Waals surface area contributed by atoms with Crippen molar-refractivity contribution in [3.8, 4) is 17.2 Å². The number of ether oxygens (including phenoxy) is 6.